The zero-order valence-electron chi connectivity index (χ0n) is 11.6. The molecule has 1 fully saturated rings. The number of hydrogen-bond acceptors (Lipinski definition) is 2. The van der Waals surface area contributed by atoms with Crippen LogP contribution in [0.4, 0.5) is 0 Å². The van der Waals surface area contributed by atoms with Crippen LogP contribution in [0.25, 0.3) is 0 Å². The quantitative estimate of drug-likeness (QED) is 0.707. The number of carbonyl (C=O) groups is 1. The average Bonchev–Trinajstić information content (AvgIpc) is 3.07. The summed E-state index contributed by atoms with van der Waals surface area (Å²) in [6.45, 7) is 8.89. The predicted octanol–water partition coefficient (Wildman–Crippen LogP) is 2.26. The Bertz CT molecular complexity index is 236. The van der Waals surface area contributed by atoms with Crippen LogP contribution in [-0.4, -0.2) is 30.4 Å². The second-order valence-electron chi connectivity index (χ2n) is 5.81. The van der Waals surface area contributed by atoms with E-state index in [2.05, 4.69) is 20.8 Å². The molecule has 0 heterocycles. The fourth-order valence-electron chi connectivity index (χ4n) is 2.32. The molecule has 0 aromatic carbocycles. The third-order valence-corrected chi connectivity index (χ3v) is 3.51. The Hall–Kier alpha value is -0.570. The van der Waals surface area contributed by atoms with Gasteiger partial charge in [-0.15, -0.1) is 0 Å². The highest BCUT2D eigenvalue weighted by Crippen LogP contribution is 2.30. The first kappa shape index (κ1) is 14.5. The Morgan fingerprint density at radius 3 is 2.47 bits per heavy atom. The van der Waals surface area contributed by atoms with E-state index in [9.17, 15) is 4.79 Å². The van der Waals surface area contributed by atoms with E-state index in [4.69, 9.17) is 5.73 Å². The minimum Gasteiger partial charge on any atom is -0.343 e. The molecule has 0 saturated heterocycles. The molecule has 0 aliphatic heterocycles. The molecular formula is C14H28N2O. The monoisotopic (exact) mass is 240 g/mol. The third kappa shape index (κ3) is 5.53. The molecule has 3 heteroatoms. The van der Waals surface area contributed by atoms with Crippen molar-refractivity contribution in [3.05, 3.63) is 0 Å². The van der Waals surface area contributed by atoms with Crippen molar-refractivity contribution in [3.63, 3.8) is 0 Å². The lowest BCUT2D eigenvalue weighted by atomic mass is 9.93. The summed E-state index contributed by atoms with van der Waals surface area (Å²) in [5, 5.41) is 0. The molecule has 0 radical (unpaired) electrons. The summed E-state index contributed by atoms with van der Waals surface area (Å²) in [6, 6.07) is 0. The summed E-state index contributed by atoms with van der Waals surface area (Å²) in [5.74, 6) is 2.06. The van der Waals surface area contributed by atoms with Crippen molar-refractivity contribution in [1.29, 1.82) is 0 Å². The summed E-state index contributed by atoms with van der Waals surface area (Å²) in [4.78, 5) is 14.2. The zero-order valence-corrected chi connectivity index (χ0v) is 11.6. The van der Waals surface area contributed by atoms with Gasteiger partial charge in [0.15, 0.2) is 0 Å². The van der Waals surface area contributed by atoms with E-state index in [0.717, 1.165) is 25.4 Å². The van der Waals surface area contributed by atoms with Crippen molar-refractivity contribution < 1.29 is 4.79 Å². The second kappa shape index (κ2) is 7.00. The summed E-state index contributed by atoms with van der Waals surface area (Å²) in [5.41, 5.74) is 5.75. The lowest BCUT2D eigenvalue weighted by Gasteiger charge is -2.24. The van der Waals surface area contributed by atoms with E-state index in [-0.39, 0.29) is 0 Å². The normalized spacial score (nSPS) is 17.2. The Labute approximate surface area is 106 Å². The summed E-state index contributed by atoms with van der Waals surface area (Å²) >= 11 is 0. The minimum atomic E-state index is 0.301. The number of nitrogens with zero attached hydrogens (tertiary/aromatic N) is 1. The van der Waals surface area contributed by atoms with Gasteiger partial charge in [-0.2, -0.15) is 0 Å². The highest BCUT2D eigenvalue weighted by Gasteiger charge is 2.26. The van der Waals surface area contributed by atoms with Gasteiger partial charge in [-0.25, -0.2) is 0 Å². The summed E-state index contributed by atoms with van der Waals surface area (Å²) < 4.78 is 0. The smallest absolute Gasteiger partial charge is 0.222 e. The van der Waals surface area contributed by atoms with Crippen LogP contribution in [0.1, 0.15) is 46.5 Å². The molecule has 17 heavy (non-hydrogen) atoms. The van der Waals surface area contributed by atoms with Crippen LogP contribution in [0.3, 0.4) is 0 Å². The van der Waals surface area contributed by atoms with Gasteiger partial charge in [0.2, 0.25) is 5.91 Å². The van der Waals surface area contributed by atoms with Crippen molar-refractivity contribution in [2.75, 3.05) is 19.6 Å². The van der Waals surface area contributed by atoms with Gasteiger partial charge < -0.3 is 10.6 Å². The van der Waals surface area contributed by atoms with Gasteiger partial charge in [-0.1, -0.05) is 13.8 Å². The Balaban J connectivity index is 2.37. The molecule has 0 bridgehead atoms. The maximum atomic E-state index is 12.2. The Morgan fingerprint density at radius 1 is 1.41 bits per heavy atom. The molecule has 1 amide bonds. The van der Waals surface area contributed by atoms with Crippen LogP contribution in [0, 0.1) is 17.8 Å². The number of carbonyl (C=O) groups excluding carboxylic acids is 1. The van der Waals surface area contributed by atoms with E-state index >= 15 is 0 Å². The number of nitrogens with two attached hydrogens (primary N) is 1. The molecule has 3 nitrogen and oxygen atoms in total. The topological polar surface area (TPSA) is 46.3 Å². The van der Waals surface area contributed by atoms with Crippen LogP contribution >= 0.6 is 0 Å². The van der Waals surface area contributed by atoms with Gasteiger partial charge in [-0.3, -0.25) is 4.79 Å². The standard InChI is InChI=1S/C14H28N2O/c1-4-16(10-12-5-6-12)14(17)8-13(9-15)7-11(2)3/h11-13H,4-10,15H2,1-3H3. The van der Waals surface area contributed by atoms with Gasteiger partial charge in [0.1, 0.15) is 0 Å². The molecule has 1 aliphatic carbocycles. The predicted molar refractivity (Wildman–Crippen MR) is 71.6 cm³/mol. The number of hydrogen-bond donors (Lipinski definition) is 1. The van der Waals surface area contributed by atoms with Crippen molar-refractivity contribution in [2.45, 2.75) is 46.5 Å². The van der Waals surface area contributed by atoms with E-state index < -0.39 is 0 Å². The van der Waals surface area contributed by atoms with Gasteiger partial charge in [0.05, 0.1) is 0 Å². The molecule has 100 valence electrons. The van der Waals surface area contributed by atoms with Crippen LogP contribution in [0.15, 0.2) is 0 Å². The van der Waals surface area contributed by atoms with Gasteiger partial charge in [0.25, 0.3) is 0 Å². The first-order valence-electron chi connectivity index (χ1n) is 7.04. The molecule has 2 N–H and O–H groups in total. The van der Waals surface area contributed by atoms with Crippen molar-refractivity contribution in [1.82, 2.24) is 4.90 Å². The second-order valence-corrected chi connectivity index (χ2v) is 5.81. The maximum Gasteiger partial charge on any atom is 0.222 e. The van der Waals surface area contributed by atoms with E-state index in [1.54, 1.807) is 0 Å². The van der Waals surface area contributed by atoms with E-state index in [0.29, 0.717) is 30.7 Å². The molecule has 1 rings (SSSR count). The molecule has 0 aromatic heterocycles. The summed E-state index contributed by atoms with van der Waals surface area (Å²) in [7, 11) is 0. The molecule has 1 unspecified atom stereocenters. The highest BCUT2D eigenvalue weighted by molar-refractivity contribution is 5.76. The molecule has 1 saturated carbocycles. The number of rotatable bonds is 8. The van der Waals surface area contributed by atoms with Crippen LogP contribution in [-0.2, 0) is 4.79 Å². The average molecular weight is 240 g/mol. The van der Waals surface area contributed by atoms with Crippen LogP contribution in [0.5, 0.6) is 0 Å². The first-order chi connectivity index (χ1) is 8.06. The molecule has 1 atom stereocenters. The van der Waals surface area contributed by atoms with Crippen LogP contribution < -0.4 is 5.73 Å². The molecule has 1 aliphatic rings. The third-order valence-electron chi connectivity index (χ3n) is 3.51. The minimum absolute atomic E-state index is 0.301. The van der Waals surface area contributed by atoms with Crippen molar-refractivity contribution in [3.8, 4) is 0 Å². The fourth-order valence-corrected chi connectivity index (χ4v) is 2.32. The van der Waals surface area contributed by atoms with Gasteiger partial charge >= 0.3 is 0 Å². The first-order valence-corrected chi connectivity index (χ1v) is 7.04. The summed E-state index contributed by atoms with van der Waals surface area (Å²) in [6.07, 6.45) is 4.30. The molecule has 0 spiro atoms. The van der Waals surface area contributed by atoms with Gasteiger partial charge in [0, 0.05) is 19.5 Å². The zero-order chi connectivity index (χ0) is 12.8. The van der Waals surface area contributed by atoms with Crippen molar-refractivity contribution >= 4 is 5.91 Å². The maximum absolute atomic E-state index is 12.2. The molecule has 0 aromatic rings. The van der Waals surface area contributed by atoms with Crippen LogP contribution in [0.2, 0.25) is 0 Å². The fraction of sp³-hybridized carbons (Fsp3) is 0.929. The lowest BCUT2D eigenvalue weighted by molar-refractivity contribution is -0.132. The highest BCUT2D eigenvalue weighted by atomic mass is 16.2. The van der Waals surface area contributed by atoms with Crippen molar-refractivity contribution in [2.24, 2.45) is 23.5 Å². The SMILES string of the molecule is CCN(CC1CC1)C(=O)CC(CN)CC(C)C. The largest absolute Gasteiger partial charge is 0.343 e. The molecular weight excluding hydrogens is 212 g/mol. The Morgan fingerprint density at radius 2 is 2.06 bits per heavy atom. The Kier molecular flexibility index (Phi) is 5.96. The van der Waals surface area contributed by atoms with E-state index in [1.165, 1.54) is 12.8 Å². The number of amides is 1. The lowest BCUT2D eigenvalue weighted by Crippen LogP contribution is -2.35. The van der Waals surface area contributed by atoms with Gasteiger partial charge in [-0.05, 0) is 50.5 Å². The van der Waals surface area contributed by atoms with E-state index in [1.807, 2.05) is 4.90 Å².